The molecule has 5 heteroatoms. The minimum absolute atomic E-state index is 0.113. The highest BCUT2D eigenvalue weighted by Crippen LogP contribution is 2.24. The van der Waals surface area contributed by atoms with Crippen molar-refractivity contribution in [3.8, 4) is 11.4 Å². The van der Waals surface area contributed by atoms with Crippen LogP contribution in [0.3, 0.4) is 0 Å². The molecule has 3 aromatic rings. The molecular weight excluding hydrogens is 332 g/mol. The molecule has 0 atom stereocenters. The first-order chi connectivity index (χ1) is 12.2. The predicted molar refractivity (Wildman–Crippen MR) is 103 cm³/mol. The lowest BCUT2D eigenvalue weighted by Gasteiger charge is -2.25. The Hall–Kier alpha value is -2.66. The van der Waals surface area contributed by atoms with Crippen LogP contribution in [0.5, 0.6) is 5.75 Å². The van der Waals surface area contributed by atoms with Crippen LogP contribution >= 0.6 is 11.8 Å². The van der Waals surface area contributed by atoms with Crippen molar-refractivity contribution in [1.29, 1.82) is 0 Å². The zero-order valence-corrected chi connectivity index (χ0v) is 14.5. The Morgan fingerprint density at radius 1 is 1.16 bits per heavy atom. The lowest BCUT2D eigenvalue weighted by molar-refractivity contribution is 0.240. The molecule has 2 aromatic carbocycles. The fourth-order valence-electron chi connectivity index (χ4n) is 2.72. The van der Waals surface area contributed by atoms with Crippen molar-refractivity contribution in [2.75, 3.05) is 11.5 Å². The predicted octanol–water partition coefficient (Wildman–Crippen LogP) is 1.90. The second-order valence-electron chi connectivity index (χ2n) is 5.97. The molecule has 4 rings (SSSR count). The SMILES string of the molecule is C=c1[nH]n(-c2ccccc2)c(=O)c1=Cc1cccc(OC2CSC2)c1. The number of nitrogens with zero attached hydrogens (tertiary/aromatic N) is 1. The number of nitrogens with one attached hydrogen (secondary N) is 1. The van der Waals surface area contributed by atoms with Gasteiger partial charge in [0, 0.05) is 11.5 Å². The van der Waals surface area contributed by atoms with Gasteiger partial charge >= 0.3 is 0 Å². The zero-order chi connectivity index (χ0) is 17.2. The number of ether oxygens (including phenoxy) is 1. The lowest BCUT2D eigenvalue weighted by Crippen LogP contribution is -2.34. The minimum Gasteiger partial charge on any atom is -0.489 e. The maximum absolute atomic E-state index is 12.7. The van der Waals surface area contributed by atoms with Crippen LogP contribution in [-0.2, 0) is 0 Å². The van der Waals surface area contributed by atoms with Gasteiger partial charge in [0.2, 0.25) is 0 Å². The van der Waals surface area contributed by atoms with Gasteiger partial charge in [-0.25, -0.2) is 4.68 Å². The molecule has 126 valence electrons. The Kier molecular flexibility index (Phi) is 4.24. The third-order valence-electron chi connectivity index (χ3n) is 4.10. The summed E-state index contributed by atoms with van der Waals surface area (Å²) in [7, 11) is 0. The first-order valence-corrected chi connectivity index (χ1v) is 9.28. The molecule has 0 radical (unpaired) electrons. The molecule has 1 saturated heterocycles. The third kappa shape index (κ3) is 3.28. The fourth-order valence-corrected chi connectivity index (χ4v) is 3.29. The van der Waals surface area contributed by atoms with Gasteiger partial charge < -0.3 is 4.74 Å². The Morgan fingerprint density at radius 3 is 2.68 bits per heavy atom. The normalized spacial score (nSPS) is 15.1. The molecule has 2 heterocycles. The van der Waals surface area contributed by atoms with E-state index in [9.17, 15) is 4.79 Å². The van der Waals surface area contributed by atoms with Crippen LogP contribution in [0.2, 0.25) is 0 Å². The standard InChI is InChI=1S/C20H18N2O2S/c1-14-19(20(23)22(21-14)16-7-3-2-4-8-16)11-15-6-5-9-17(10-15)24-18-12-25-13-18/h2-11,18,21H,1,12-13H2. The number of benzene rings is 2. The minimum atomic E-state index is -0.113. The van der Waals surface area contributed by atoms with Crippen molar-refractivity contribution < 1.29 is 4.74 Å². The number of H-pyrrole nitrogens is 1. The fraction of sp³-hybridized carbons (Fsp3) is 0.150. The second-order valence-corrected chi connectivity index (χ2v) is 7.05. The summed E-state index contributed by atoms with van der Waals surface area (Å²) in [5.41, 5.74) is 1.60. The van der Waals surface area contributed by atoms with Crippen LogP contribution in [0.25, 0.3) is 18.3 Å². The van der Waals surface area contributed by atoms with Crippen molar-refractivity contribution in [2.45, 2.75) is 6.10 Å². The highest BCUT2D eigenvalue weighted by molar-refractivity contribution is 8.00. The molecule has 0 amide bonds. The van der Waals surface area contributed by atoms with Crippen molar-refractivity contribution >= 4 is 24.4 Å². The number of hydrogen-bond acceptors (Lipinski definition) is 3. The molecule has 1 aliphatic heterocycles. The average molecular weight is 350 g/mol. The van der Waals surface area contributed by atoms with E-state index in [2.05, 4.69) is 11.7 Å². The third-order valence-corrected chi connectivity index (χ3v) is 5.31. The molecule has 0 saturated carbocycles. The van der Waals surface area contributed by atoms with E-state index in [0.29, 0.717) is 16.7 Å². The maximum atomic E-state index is 12.7. The topological polar surface area (TPSA) is 47.0 Å². The van der Waals surface area contributed by atoms with E-state index >= 15 is 0 Å². The highest BCUT2D eigenvalue weighted by atomic mass is 32.2. The van der Waals surface area contributed by atoms with E-state index in [4.69, 9.17) is 4.74 Å². The first-order valence-electron chi connectivity index (χ1n) is 8.12. The summed E-state index contributed by atoms with van der Waals surface area (Å²) in [6.07, 6.45) is 2.15. The number of aromatic amines is 1. The molecule has 0 aliphatic carbocycles. The monoisotopic (exact) mass is 350 g/mol. The number of hydrogen-bond donors (Lipinski definition) is 1. The number of thioether (sulfide) groups is 1. The number of para-hydroxylation sites is 1. The highest BCUT2D eigenvalue weighted by Gasteiger charge is 2.19. The van der Waals surface area contributed by atoms with Gasteiger partial charge in [-0.2, -0.15) is 11.8 Å². The molecule has 1 fully saturated rings. The van der Waals surface area contributed by atoms with Crippen molar-refractivity contribution in [2.24, 2.45) is 0 Å². The molecule has 4 nitrogen and oxygen atoms in total. The Bertz CT molecular complexity index is 1050. The molecule has 0 bridgehead atoms. The molecule has 1 aromatic heterocycles. The van der Waals surface area contributed by atoms with Gasteiger partial charge in [-0.15, -0.1) is 0 Å². The Balaban J connectivity index is 1.72. The van der Waals surface area contributed by atoms with Crippen LogP contribution in [0.1, 0.15) is 5.56 Å². The molecule has 0 unspecified atom stereocenters. The van der Waals surface area contributed by atoms with Gasteiger partial charge in [0.05, 0.1) is 16.3 Å². The van der Waals surface area contributed by atoms with Crippen LogP contribution in [-0.4, -0.2) is 27.4 Å². The summed E-state index contributed by atoms with van der Waals surface area (Å²) < 4.78 is 7.43. The van der Waals surface area contributed by atoms with Gasteiger partial charge in [0.1, 0.15) is 11.9 Å². The number of aromatic nitrogens is 2. The second kappa shape index (κ2) is 6.69. The summed E-state index contributed by atoms with van der Waals surface area (Å²) in [6.45, 7) is 3.98. The van der Waals surface area contributed by atoms with Gasteiger partial charge in [-0.05, 0) is 35.9 Å². The average Bonchev–Trinajstić information content (AvgIpc) is 2.88. The van der Waals surface area contributed by atoms with E-state index in [1.54, 1.807) is 0 Å². The number of rotatable bonds is 4. The van der Waals surface area contributed by atoms with Gasteiger partial charge in [0.25, 0.3) is 5.56 Å². The van der Waals surface area contributed by atoms with E-state index in [0.717, 1.165) is 28.5 Å². The Morgan fingerprint density at radius 2 is 1.96 bits per heavy atom. The molecular formula is C20H18N2O2S. The van der Waals surface area contributed by atoms with E-state index in [1.165, 1.54) is 4.68 Å². The summed E-state index contributed by atoms with van der Waals surface area (Å²) in [5.74, 6) is 2.91. The molecule has 25 heavy (non-hydrogen) atoms. The van der Waals surface area contributed by atoms with Crippen LogP contribution < -0.4 is 20.9 Å². The Labute approximate surface area is 149 Å². The van der Waals surface area contributed by atoms with E-state index in [-0.39, 0.29) is 5.56 Å². The van der Waals surface area contributed by atoms with Crippen LogP contribution in [0.4, 0.5) is 0 Å². The quantitative estimate of drug-likeness (QED) is 0.782. The zero-order valence-electron chi connectivity index (χ0n) is 13.6. The van der Waals surface area contributed by atoms with Crippen molar-refractivity contribution in [3.63, 3.8) is 0 Å². The van der Waals surface area contributed by atoms with Crippen LogP contribution in [0, 0.1) is 0 Å². The largest absolute Gasteiger partial charge is 0.489 e. The van der Waals surface area contributed by atoms with Crippen LogP contribution in [0.15, 0.2) is 59.4 Å². The van der Waals surface area contributed by atoms with E-state index < -0.39 is 0 Å². The van der Waals surface area contributed by atoms with Gasteiger partial charge in [-0.3, -0.25) is 9.89 Å². The van der Waals surface area contributed by atoms with Gasteiger partial charge in [-0.1, -0.05) is 36.9 Å². The summed E-state index contributed by atoms with van der Waals surface area (Å²) in [5, 5.41) is 4.19. The maximum Gasteiger partial charge on any atom is 0.279 e. The van der Waals surface area contributed by atoms with Crippen molar-refractivity contribution in [3.05, 3.63) is 81.1 Å². The summed E-state index contributed by atoms with van der Waals surface area (Å²) in [6, 6.07) is 17.3. The van der Waals surface area contributed by atoms with Crippen molar-refractivity contribution in [1.82, 2.24) is 9.78 Å². The summed E-state index contributed by atoms with van der Waals surface area (Å²) in [4.78, 5) is 12.7. The molecule has 0 spiro atoms. The first kappa shape index (κ1) is 15.8. The smallest absolute Gasteiger partial charge is 0.279 e. The van der Waals surface area contributed by atoms with Gasteiger partial charge in [0.15, 0.2) is 0 Å². The lowest BCUT2D eigenvalue weighted by atomic mass is 10.2. The molecule has 1 N–H and O–H groups in total. The molecule has 1 aliphatic rings. The summed E-state index contributed by atoms with van der Waals surface area (Å²) >= 11 is 1.89. The van der Waals surface area contributed by atoms with E-state index in [1.807, 2.05) is 72.4 Å².